The van der Waals surface area contributed by atoms with Gasteiger partial charge in [0.2, 0.25) is 10.0 Å². The molecular weight excluding hydrogens is 441 g/mol. The second-order valence-corrected chi connectivity index (χ2v) is 8.84. The van der Waals surface area contributed by atoms with E-state index in [0.717, 1.165) is 12.0 Å². The van der Waals surface area contributed by atoms with E-state index in [2.05, 4.69) is 26.4 Å². The van der Waals surface area contributed by atoms with Gasteiger partial charge in [0, 0.05) is 42.0 Å². The van der Waals surface area contributed by atoms with Crippen LogP contribution in [0.5, 0.6) is 0 Å². The molecule has 0 aliphatic carbocycles. The number of rotatable bonds is 11. The summed E-state index contributed by atoms with van der Waals surface area (Å²) in [5.41, 5.74) is 0.976. The fourth-order valence-corrected chi connectivity index (χ4v) is 2.80. The van der Waals surface area contributed by atoms with Gasteiger partial charge in [0.05, 0.1) is 31.3 Å². The molecule has 0 fully saturated rings. The molecule has 0 aromatic rings. The summed E-state index contributed by atoms with van der Waals surface area (Å²) in [5.74, 6) is -0.603. The number of sulfonamides is 1. The fourth-order valence-electron chi connectivity index (χ4n) is 2.22. The van der Waals surface area contributed by atoms with Crippen LogP contribution in [0, 0.1) is 0 Å². The monoisotopic (exact) mass is 469 g/mol. The van der Waals surface area contributed by atoms with E-state index in [9.17, 15) is 12.8 Å². The molecule has 0 aromatic heterocycles. The van der Waals surface area contributed by atoms with Crippen LogP contribution in [0.4, 0.5) is 4.39 Å². The normalized spacial score (nSPS) is 16.5. The van der Waals surface area contributed by atoms with Crippen molar-refractivity contribution in [3.05, 3.63) is 60.1 Å². The van der Waals surface area contributed by atoms with E-state index >= 15 is 0 Å². The predicted molar refractivity (Wildman–Crippen MR) is 129 cm³/mol. The standard InChI is InChI=1S/C21H29ClFN5O2S/c1-5-18(16-27-31(4,29)30)21(23)19(8-10-22)15-26-28(17(2)3)14-9-20-7-6-11-24-12-13-25-20/h5-9,12,14-15,17,27H,1,10-11,13,16H2,2-4H3/b7-6?,14-9+,19-8-,21-18-,24-12?,25-20?,26-15+. The zero-order valence-corrected chi connectivity index (χ0v) is 19.6. The first kappa shape index (κ1) is 26.7. The molecule has 10 heteroatoms. The van der Waals surface area contributed by atoms with Gasteiger partial charge in [0.1, 0.15) is 5.83 Å². The number of alkyl halides is 1. The number of hydrazone groups is 1. The number of aliphatic imine (C=N–C) groups is 2. The van der Waals surface area contributed by atoms with Crippen LogP contribution in [0.3, 0.4) is 0 Å². The minimum Gasteiger partial charge on any atom is -0.291 e. The van der Waals surface area contributed by atoms with E-state index in [1.165, 1.54) is 18.4 Å². The Morgan fingerprint density at radius 2 is 2.19 bits per heavy atom. The minimum atomic E-state index is -3.48. The SMILES string of the molecule is C=C\C(CNS(C)(=O)=O)=C(F)/C(=C\CCl)/C=N/N(/C=C/C1=NCC=NCC=C1)C(C)C. The van der Waals surface area contributed by atoms with Crippen LogP contribution in [-0.4, -0.2) is 69.4 Å². The van der Waals surface area contributed by atoms with Gasteiger partial charge in [-0.15, -0.1) is 11.6 Å². The molecule has 0 spiro atoms. The largest absolute Gasteiger partial charge is 0.291 e. The van der Waals surface area contributed by atoms with Crippen molar-refractivity contribution in [1.82, 2.24) is 9.73 Å². The van der Waals surface area contributed by atoms with Gasteiger partial charge in [-0.3, -0.25) is 15.0 Å². The van der Waals surface area contributed by atoms with Gasteiger partial charge in [-0.1, -0.05) is 24.8 Å². The zero-order valence-electron chi connectivity index (χ0n) is 18.0. The summed E-state index contributed by atoms with van der Waals surface area (Å²) in [5, 5.41) is 6.01. The molecule has 31 heavy (non-hydrogen) atoms. The quantitative estimate of drug-likeness (QED) is 0.218. The smallest absolute Gasteiger partial charge is 0.209 e. The summed E-state index contributed by atoms with van der Waals surface area (Å²) in [4.78, 5) is 8.53. The van der Waals surface area contributed by atoms with Crippen molar-refractivity contribution in [1.29, 1.82) is 0 Å². The molecule has 0 unspecified atom stereocenters. The summed E-state index contributed by atoms with van der Waals surface area (Å²) in [6, 6.07) is -0.0118. The van der Waals surface area contributed by atoms with Crippen molar-refractivity contribution in [2.24, 2.45) is 15.1 Å². The molecule has 0 amide bonds. The van der Waals surface area contributed by atoms with Crippen LogP contribution in [0.2, 0.25) is 0 Å². The second kappa shape index (κ2) is 13.8. The molecule has 0 radical (unpaired) electrons. The van der Waals surface area contributed by atoms with E-state index < -0.39 is 15.9 Å². The highest BCUT2D eigenvalue weighted by Gasteiger charge is 2.11. The third kappa shape index (κ3) is 11.0. The van der Waals surface area contributed by atoms with E-state index in [4.69, 9.17) is 11.6 Å². The van der Waals surface area contributed by atoms with Crippen molar-refractivity contribution < 1.29 is 12.8 Å². The van der Waals surface area contributed by atoms with Gasteiger partial charge >= 0.3 is 0 Å². The molecule has 1 aliphatic heterocycles. The lowest BCUT2D eigenvalue weighted by Gasteiger charge is -2.19. The lowest BCUT2D eigenvalue weighted by atomic mass is 10.1. The van der Waals surface area contributed by atoms with Gasteiger partial charge in [-0.25, -0.2) is 17.5 Å². The molecule has 170 valence electrons. The molecule has 0 saturated carbocycles. The molecule has 7 nitrogen and oxygen atoms in total. The highest BCUT2D eigenvalue weighted by Crippen LogP contribution is 2.17. The molecular formula is C21H29ClFN5O2S. The third-order valence-corrected chi connectivity index (χ3v) is 4.67. The van der Waals surface area contributed by atoms with Gasteiger partial charge in [-0.05, 0) is 26.0 Å². The molecule has 1 rings (SSSR count). The maximum absolute atomic E-state index is 15.0. The minimum absolute atomic E-state index is 0.0118. The summed E-state index contributed by atoms with van der Waals surface area (Å²) < 4.78 is 39.9. The maximum atomic E-state index is 15.0. The molecule has 0 aromatic carbocycles. The van der Waals surface area contributed by atoms with Crippen LogP contribution in [0.25, 0.3) is 0 Å². The van der Waals surface area contributed by atoms with E-state index in [1.54, 1.807) is 17.4 Å². The van der Waals surface area contributed by atoms with Crippen molar-refractivity contribution in [2.75, 3.05) is 31.8 Å². The summed E-state index contributed by atoms with van der Waals surface area (Å²) in [6.07, 6.45) is 14.2. The molecule has 1 N–H and O–H groups in total. The molecule has 0 saturated heterocycles. The van der Waals surface area contributed by atoms with Crippen molar-refractivity contribution in [2.45, 2.75) is 19.9 Å². The van der Waals surface area contributed by atoms with Gasteiger partial charge in [-0.2, -0.15) is 5.10 Å². The first-order valence-corrected chi connectivity index (χ1v) is 12.0. The Labute approximate surface area is 189 Å². The zero-order chi connectivity index (χ0) is 23.3. The Balaban J connectivity index is 3.11. The Kier molecular flexibility index (Phi) is 11.9. The number of nitrogens with zero attached hydrogens (tertiary/aromatic N) is 4. The third-order valence-electron chi connectivity index (χ3n) is 3.84. The van der Waals surface area contributed by atoms with Crippen LogP contribution in [-0.2, 0) is 10.0 Å². The predicted octanol–water partition coefficient (Wildman–Crippen LogP) is 3.40. The Morgan fingerprint density at radius 1 is 1.45 bits per heavy atom. The molecule has 1 aliphatic rings. The molecule has 0 atom stereocenters. The summed E-state index contributed by atoms with van der Waals surface area (Å²) in [7, 11) is -3.48. The number of hydrogen-bond acceptors (Lipinski definition) is 6. The van der Waals surface area contributed by atoms with Crippen molar-refractivity contribution in [3.8, 4) is 0 Å². The molecule has 0 bridgehead atoms. The Hall–Kier alpha value is -2.36. The molecule has 1 heterocycles. The van der Waals surface area contributed by atoms with Crippen molar-refractivity contribution in [3.63, 3.8) is 0 Å². The van der Waals surface area contributed by atoms with Crippen LogP contribution >= 0.6 is 11.6 Å². The number of nitrogens with one attached hydrogen (secondary N) is 1. The number of allylic oxidation sites excluding steroid dienone is 5. The first-order chi connectivity index (χ1) is 14.7. The second-order valence-electron chi connectivity index (χ2n) is 6.70. The topological polar surface area (TPSA) is 86.5 Å². The van der Waals surface area contributed by atoms with E-state index in [-0.39, 0.29) is 29.6 Å². The number of hydrogen-bond donors (Lipinski definition) is 1. The van der Waals surface area contributed by atoms with Crippen LogP contribution in [0.15, 0.2) is 75.2 Å². The Bertz CT molecular complexity index is 931. The average molecular weight is 470 g/mol. The lowest BCUT2D eigenvalue weighted by molar-refractivity contribution is 0.329. The number of halogens is 2. The lowest BCUT2D eigenvalue weighted by Crippen LogP contribution is -2.24. The van der Waals surface area contributed by atoms with Crippen molar-refractivity contribution >= 4 is 39.8 Å². The average Bonchev–Trinajstić information content (AvgIpc) is 2.67. The first-order valence-electron chi connectivity index (χ1n) is 9.60. The highest BCUT2D eigenvalue weighted by molar-refractivity contribution is 7.88. The Morgan fingerprint density at radius 3 is 2.81 bits per heavy atom. The maximum Gasteiger partial charge on any atom is 0.209 e. The summed E-state index contributed by atoms with van der Waals surface area (Å²) in [6.45, 7) is 8.31. The fraction of sp³-hybridized carbons (Fsp3) is 0.381. The van der Waals surface area contributed by atoms with Crippen LogP contribution < -0.4 is 4.72 Å². The highest BCUT2D eigenvalue weighted by atomic mass is 35.5. The van der Waals surface area contributed by atoms with Gasteiger partial charge < -0.3 is 0 Å². The van der Waals surface area contributed by atoms with E-state index in [0.29, 0.717) is 13.1 Å². The summed E-state index contributed by atoms with van der Waals surface area (Å²) >= 11 is 5.78. The van der Waals surface area contributed by atoms with Gasteiger partial charge in [0.25, 0.3) is 0 Å². The van der Waals surface area contributed by atoms with E-state index in [1.807, 2.05) is 32.1 Å². The van der Waals surface area contributed by atoms with Gasteiger partial charge in [0.15, 0.2) is 0 Å². The van der Waals surface area contributed by atoms with Crippen LogP contribution in [0.1, 0.15) is 13.8 Å².